The summed E-state index contributed by atoms with van der Waals surface area (Å²) in [5, 5.41) is 0.912. The normalized spacial score (nSPS) is 11.4. The van der Waals surface area contributed by atoms with Crippen molar-refractivity contribution in [3.8, 4) is 11.5 Å². The number of hydrogen-bond donors (Lipinski definition) is 0. The van der Waals surface area contributed by atoms with Gasteiger partial charge in [-0.2, -0.15) is 0 Å². The van der Waals surface area contributed by atoms with Crippen LogP contribution in [0.4, 0.5) is 0 Å². The van der Waals surface area contributed by atoms with Gasteiger partial charge in [-0.1, -0.05) is 42.8 Å². The van der Waals surface area contributed by atoms with Gasteiger partial charge in [0.25, 0.3) is 0 Å². The average Bonchev–Trinajstić information content (AvgIpc) is 2.36. The minimum Gasteiger partial charge on any atom is -0.493 e. The van der Waals surface area contributed by atoms with Crippen molar-refractivity contribution in [3.63, 3.8) is 0 Å². The zero-order valence-corrected chi connectivity index (χ0v) is 12.6. The Balaban J connectivity index is 2.77. The summed E-state index contributed by atoms with van der Waals surface area (Å²) in [6.07, 6.45) is 1.00. The van der Waals surface area contributed by atoms with Crippen LogP contribution in [0.2, 0.25) is 0 Å². The molecule has 0 saturated carbocycles. The molecule has 2 nitrogen and oxygen atoms in total. The van der Waals surface area contributed by atoms with Gasteiger partial charge in [0.15, 0.2) is 11.5 Å². The van der Waals surface area contributed by atoms with Gasteiger partial charge >= 0.3 is 0 Å². The largest absolute Gasteiger partial charge is 0.493 e. The summed E-state index contributed by atoms with van der Waals surface area (Å²) in [7, 11) is 1.68. The van der Waals surface area contributed by atoms with Crippen LogP contribution >= 0.6 is 15.9 Å². The average molecular weight is 301 g/mol. The summed E-state index contributed by atoms with van der Waals surface area (Å²) in [4.78, 5) is 0. The molecule has 0 aromatic heterocycles. The molecular weight excluding hydrogens is 280 g/mol. The Morgan fingerprint density at radius 2 is 1.94 bits per heavy atom. The highest BCUT2D eigenvalue weighted by atomic mass is 79.9. The van der Waals surface area contributed by atoms with Gasteiger partial charge < -0.3 is 9.47 Å². The summed E-state index contributed by atoms with van der Waals surface area (Å²) in [5.41, 5.74) is 1.38. The van der Waals surface area contributed by atoms with Crippen molar-refractivity contribution in [2.75, 3.05) is 19.0 Å². The highest BCUT2D eigenvalue weighted by Crippen LogP contribution is 2.30. The first-order chi connectivity index (χ1) is 8.02. The van der Waals surface area contributed by atoms with E-state index in [-0.39, 0.29) is 5.41 Å². The van der Waals surface area contributed by atoms with Crippen LogP contribution in [0.3, 0.4) is 0 Å². The number of ether oxygens (including phenoxy) is 2. The molecule has 1 aromatic carbocycles. The van der Waals surface area contributed by atoms with Crippen LogP contribution in [0.5, 0.6) is 11.5 Å². The van der Waals surface area contributed by atoms with Crippen LogP contribution in [0, 0.1) is 5.41 Å². The van der Waals surface area contributed by atoms with Crippen LogP contribution in [0.1, 0.15) is 26.3 Å². The van der Waals surface area contributed by atoms with E-state index in [0.29, 0.717) is 6.61 Å². The molecule has 0 fully saturated rings. The molecule has 0 saturated heterocycles. The molecule has 0 aliphatic carbocycles. The van der Waals surface area contributed by atoms with Gasteiger partial charge in [0.2, 0.25) is 0 Å². The highest BCUT2D eigenvalue weighted by molar-refractivity contribution is 9.09. The number of benzene rings is 1. The number of alkyl halides is 1. The Hall–Kier alpha value is -0.700. The standard InChI is InChI=1S/C14H21BrO2/c1-5-11-6-7-12(13(8-11)16-4)17-10-14(2,3)9-15/h6-8H,5,9-10H2,1-4H3. The fourth-order valence-electron chi connectivity index (χ4n) is 1.36. The van der Waals surface area contributed by atoms with Gasteiger partial charge in [-0.25, -0.2) is 0 Å². The molecule has 0 unspecified atom stereocenters. The first kappa shape index (κ1) is 14.4. The van der Waals surface area contributed by atoms with E-state index in [4.69, 9.17) is 9.47 Å². The third kappa shape index (κ3) is 4.23. The van der Waals surface area contributed by atoms with Crippen molar-refractivity contribution in [2.24, 2.45) is 5.41 Å². The maximum absolute atomic E-state index is 5.83. The van der Waals surface area contributed by atoms with Crippen LogP contribution in [0.25, 0.3) is 0 Å². The minimum absolute atomic E-state index is 0.119. The molecule has 17 heavy (non-hydrogen) atoms. The monoisotopic (exact) mass is 300 g/mol. The second kappa shape index (κ2) is 6.29. The molecule has 0 amide bonds. The van der Waals surface area contributed by atoms with Crippen molar-refractivity contribution in [3.05, 3.63) is 23.8 Å². The molecule has 0 spiro atoms. The van der Waals surface area contributed by atoms with Crippen molar-refractivity contribution in [1.29, 1.82) is 0 Å². The van der Waals surface area contributed by atoms with Gasteiger partial charge in [-0.3, -0.25) is 0 Å². The molecule has 0 heterocycles. The van der Waals surface area contributed by atoms with E-state index in [1.54, 1.807) is 7.11 Å². The van der Waals surface area contributed by atoms with Crippen LogP contribution in [-0.4, -0.2) is 19.0 Å². The highest BCUT2D eigenvalue weighted by Gasteiger charge is 2.18. The van der Waals surface area contributed by atoms with Gasteiger partial charge in [-0.15, -0.1) is 0 Å². The summed E-state index contributed by atoms with van der Waals surface area (Å²) >= 11 is 3.49. The zero-order valence-electron chi connectivity index (χ0n) is 11.0. The topological polar surface area (TPSA) is 18.5 Å². The van der Waals surface area contributed by atoms with E-state index in [2.05, 4.69) is 42.8 Å². The lowest BCUT2D eigenvalue weighted by Crippen LogP contribution is -2.23. The lowest BCUT2D eigenvalue weighted by Gasteiger charge is -2.22. The SMILES string of the molecule is CCc1ccc(OCC(C)(C)CBr)c(OC)c1. The third-order valence-corrected chi connectivity index (χ3v) is 4.13. The van der Waals surface area contributed by atoms with Crippen LogP contribution < -0.4 is 9.47 Å². The number of rotatable bonds is 6. The number of aryl methyl sites for hydroxylation is 1. The van der Waals surface area contributed by atoms with E-state index in [1.165, 1.54) is 5.56 Å². The molecule has 0 radical (unpaired) electrons. The van der Waals surface area contributed by atoms with E-state index < -0.39 is 0 Å². The number of halogens is 1. The summed E-state index contributed by atoms with van der Waals surface area (Å²) in [5.74, 6) is 1.63. The second-order valence-electron chi connectivity index (χ2n) is 4.93. The lowest BCUT2D eigenvalue weighted by molar-refractivity contribution is 0.196. The van der Waals surface area contributed by atoms with Crippen LogP contribution in [-0.2, 0) is 6.42 Å². The van der Waals surface area contributed by atoms with E-state index in [0.717, 1.165) is 23.2 Å². The molecule has 0 N–H and O–H groups in total. The van der Waals surface area contributed by atoms with Gasteiger partial charge in [0.05, 0.1) is 13.7 Å². The van der Waals surface area contributed by atoms with E-state index in [1.807, 2.05) is 12.1 Å². The summed E-state index contributed by atoms with van der Waals surface area (Å²) < 4.78 is 11.2. The first-order valence-corrected chi connectivity index (χ1v) is 7.00. The Kier molecular flexibility index (Phi) is 5.31. The molecule has 96 valence electrons. The second-order valence-corrected chi connectivity index (χ2v) is 5.49. The maximum Gasteiger partial charge on any atom is 0.161 e. The molecule has 0 aliphatic rings. The molecule has 1 rings (SSSR count). The zero-order chi connectivity index (χ0) is 12.9. The predicted molar refractivity (Wildman–Crippen MR) is 75.4 cm³/mol. The van der Waals surface area contributed by atoms with Crippen LogP contribution in [0.15, 0.2) is 18.2 Å². The fraction of sp³-hybridized carbons (Fsp3) is 0.571. The molecule has 0 aliphatic heterocycles. The third-order valence-electron chi connectivity index (χ3n) is 2.62. The van der Waals surface area contributed by atoms with Gasteiger partial charge in [0, 0.05) is 10.7 Å². The van der Waals surface area contributed by atoms with E-state index >= 15 is 0 Å². The summed E-state index contributed by atoms with van der Waals surface area (Å²) in [6.45, 7) is 7.12. The fourth-order valence-corrected chi connectivity index (χ4v) is 1.52. The smallest absolute Gasteiger partial charge is 0.161 e. The molecule has 0 atom stereocenters. The quantitative estimate of drug-likeness (QED) is 0.738. The molecular formula is C14H21BrO2. The maximum atomic E-state index is 5.83. The molecule has 0 bridgehead atoms. The first-order valence-electron chi connectivity index (χ1n) is 5.88. The molecule has 1 aromatic rings. The number of methoxy groups -OCH3 is 1. The predicted octanol–water partition coefficient (Wildman–Crippen LogP) is 4.06. The van der Waals surface area contributed by atoms with Gasteiger partial charge in [-0.05, 0) is 24.1 Å². The lowest BCUT2D eigenvalue weighted by atomic mass is 9.98. The Morgan fingerprint density at radius 3 is 2.47 bits per heavy atom. The Bertz CT molecular complexity index is 361. The van der Waals surface area contributed by atoms with Crippen molar-refractivity contribution in [1.82, 2.24) is 0 Å². The molecule has 3 heteroatoms. The Morgan fingerprint density at radius 1 is 1.24 bits per heavy atom. The van der Waals surface area contributed by atoms with Crippen molar-refractivity contribution < 1.29 is 9.47 Å². The minimum atomic E-state index is 0.119. The Labute approximate surface area is 112 Å². The summed E-state index contributed by atoms with van der Waals surface area (Å²) in [6, 6.07) is 6.11. The van der Waals surface area contributed by atoms with Gasteiger partial charge in [0.1, 0.15) is 0 Å². The van der Waals surface area contributed by atoms with E-state index in [9.17, 15) is 0 Å². The number of hydrogen-bond acceptors (Lipinski definition) is 2. The van der Waals surface area contributed by atoms with Crippen molar-refractivity contribution in [2.45, 2.75) is 27.2 Å². The van der Waals surface area contributed by atoms with Crippen molar-refractivity contribution >= 4 is 15.9 Å².